The Hall–Kier alpha value is -3.14. The Morgan fingerprint density at radius 1 is 1.07 bits per heavy atom. The van der Waals surface area contributed by atoms with E-state index in [9.17, 15) is 19.5 Å². The van der Waals surface area contributed by atoms with Gasteiger partial charge in [-0.15, -0.1) is 0 Å². The van der Waals surface area contributed by atoms with Crippen LogP contribution in [0.15, 0.2) is 48.5 Å². The van der Waals surface area contributed by atoms with Crippen LogP contribution in [0.4, 0.5) is 10.5 Å². The molecular formula is C31H40ClN3O6. The number of alkyl carbamates (subject to hydrolysis) is 1. The van der Waals surface area contributed by atoms with Crippen LogP contribution in [-0.4, -0.2) is 54.9 Å². The summed E-state index contributed by atoms with van der Waals surface area (Å²) in [7, 11) is 0. The number of ether oxygens (including phenoxy) is 2. The second-order valence-corrected chi connectivity index (χ2v) is 11.2. The quantitative estimate of drug-likeness (QED) is 0.351. The molecule has 41 heavy (non-hydrogen) atoms. The predicted molar refractivity (Wildman–Crippen MR) is 156 cm³/mol. The van der Waals surface area contributed by atoms with Gasteiger partial charge in [0.2, 0.25) is 11.8 Å². The maximum absolute atomic E-state index is 13.4. The van der Waals surface area contributed by atoms with Gasteiger partial charge in [0.05, 0.1) is 25.9 Å². The highest BCUT2D eigenvalue weighted by atomic mass is 35.5. The molecule has 0 saturated heterocycles. The van der Waals surface area contributed by atoms with Crippen LogP contribution in [0.3, 0.4) is 0 Å². The zero-order valence-electron chi connectivity index (χ0n) is 23.4. The Balaban J connectivity index is 1.34. The highest BCUT2D eigenvalue weighted by Crippen LogP contribution is 2.28. The Kier molecular flexibility index (Phi) is 11.8. The van der Waals surface area contributed by atoms with E-state index in [1.54, 1.807) is 29.2 Å². The predicted octanol–water partition coefficient (Wildman–Crippen LogP) is 4.73. The smallest absolute Gasteiger partial charge is 0.408 e. The van der Waals surface area contributed by atoms with Gasteiger partial charge in [-0.2, -0.15) is 0 Å². The molecule has 222 valence electrons. The maximum Gasteiger partial charge on any atom is 0.408 e. The Bertz CT molecular complexity index is 1170. The standard InChI is InChI=1S/C31H40ClN3O6/c32-25-11-6-9-23(17-25)20-41-31(39)34-27(18-22-7-2-1-3-8-22)30(38)33-26(19-36)13-14-29(37)35-15-16-40-21-24-10-4-5-12-28(24)35/h4-6,9-12,17,22,26-27,36H,1-3,7-8,13-16,18-21H2,(H,33,38)(H,34,39). The molecule has 0 radical (unpaired) electrons. The van der Waals surface area contributed by atoms with Gasteiger partial charge in [-0.3, -0.25) is 9.59 Å². The van der Waals surface area contributed by atoms with Gasteiger partial charge in [-0.25, -0.2) is 4.79 Å². The van der Waals surface area contributed by atoms with Gasteiger partial charge >= 0.3 is 6.09 Å². The molecule has 9 nitrogen and oxygen atoms in total. The minimum Gasteiger partial charge on any atom is -0.445 e. The average Bonchev–Trinajstić information content (AvgIpc) is 3.21. The average molecular weight is 586 g/mol. The van der Waals surface area contributed by atoms with E-state index in [-0.39, 0.29) is 32.0 Å². The summed E-state index contributed by atoms with van der Waals surface area (Å²) >= 11 is 6.02. The number of amides is 3. The Morgan fingerprint density at radius 2 is 1.88 bits per heavy atom. The van der Waals surface area contributed by atoms with E-state index in [4.69, 9.17) is 21.1 Å². The molecule has 1 saturated carbocycles. The van der Waals surface area contributed by atoms with Crippen LogP contribution in [0.1, 0.15) is 62.5 Å². The molecule has 0 spiro atoms. The lowest BCUT2D eigenvalue weighted by Crippen LogP contribution is -2.51. The summed E-state index contributed by atoms with van der Waals surface area (Å²) in [5.74, 6) is -0.181. The van der Waals surface area contributed by atoms with E-state index in [2.05, 4.69) is 10.6 Å². The minimum atomic E-state index is -0.815. The van der Waals surface area contributed by atoms with E-state index < -0.39 is 24.1 Å². The van der Waals surface area contributed by atoms with E-state index in [1.165, 1.54) is 6.42 Å². The number of carbonyl (C=O) groups excluding carboxylic acids is 3. The third-order valence-electron chi connectivity index (χ3n) is 7.74. The fourth-order valence-electron chi connectivity index (χ4n) is 5.50. The maximum atomic E-state index is 13.4. The zero-order chi connectivity index (χ0) is 29.0. The van der Waals surface area contributed by atoms with Crippen molar-refractivity contribution in [2.45, 2.75) is 76.7 Å². The first kappa shape index (κ1) is 30.8. The van der Waals surface area contributed by atoms with Crippen LogP contribution >= 0.6 is 11.6 Å². The highest BCUT2D eigenvalue weighted by molar-refractivity contribution is 6.30. The molecule has 2 aliphatic rings. The molecule has 10 heteroatoms. The summed E-state index contributed by atoms with van der Waals surface area (Å²) in [4.78, 5) is 40.9. The molecule has 2 aromatic rings. The number of nitrogens with one attached hydrogen (secondary N) is 2. The fourth-order valence-corrected chi connectivity index (χ4v) is 5.72. The molecular weight excluding hydrogens is 546 g/mol. The van der Waals surface area contributed by atoms with Crippen molar-refractivity contribution in [2.75, 3.05) is 24.7 Å². The number of aliphatic hydroxyl groups excluding tert-OH is 1. The Morgan fingerprint density at radius 3 is 2.66 bits per heavy atom. The zero-order valence-corrected chi connectivity index (χ0v) is 24.1. The lowest BCUT2D eigenvalue weighted by Gasteiger charge is -2.28. The Labute approximate surface area is 246 Å². The second kappa shape index (κ2) is 15.7. The van der Waals surface area contributed by atoms with E-state index >= 15 is 0 Å². The molecule has 1 aliphatic carbocycles. The van der Waals surface area contributed by atoms with Crippen molar-refractivity contribution in [1.29, 1.82) is 0 Å². The van der Waals surface area contributed by atoms with Crippen molar-refractivity contribution < 1.29 is 29.0 Å². The van der Waals surface area contributed by atoms with Gasteiger partial charge in [0, 0.05) is 29.2 Å². The molecule has 1 fully saturated rings. The first-order chi connectivity index (χ1) is 19.9. The van der Waals surface area contributed by atoms with E-state index in [0.717, 1.165) is 42.5 Å². The number of halogens is 1. The largest absolute Gasteiger partial charge is 0.445 e. The first-order valence-corrected chi connectivity index (χ1v) is 14.9. The van der Waals surface area contributed by atoms with Crippen LogP contribution in [0, 0.1) is 5.92 Å². The van der Waals surface area contributed by atoms with Crippen LogP contribution in [0.25, 0.3) is 0 Å². The van der Waals surface area contributed by atoms with Gasteiger partial charge in [-0.05, 0) is 42.5 Å². The summed E-state index contributed by atoms with van der Waals surface area (Å²) in [6.45, 7) is 1.02. The number of para-hydroxylation sites is 1. The topological polar surface area (TPSA) is 117 Å². The molecule has 3 N–H and O–H groups in total. The number of carbonyl (C=O) groups is 3. The van der Waals surface area contributed by atoms with Gasteiger partial charge < -0.3 is 30.1 Å². The number of rotatable bonds is 11. The molecule has 2 atom stereocenters. The van der Waals surface area contributed by atoms with Crippen molar-refractivity contribution in [1.82, 2.24) is 10.6 Å². The van der Waals surface area contributed by atoms with Gasteiger partial charge in [0.15, 0.2) is 0 Å². The van der Waals surface area contributed by atoms with Crippen LogP contribution < -0.4 is 15.5 Å². The van der Waals surface area contributed by atoms with E-state index in [0.29, 0.717) is 37.1 Å². The molecule has 2 unspecified atom stereocenters. The second-order valence-electron chi connectivity index (χ2n) is 10.8. The number of fused-ring (bicyclic) bond motifs is 1. The number of benzene rings is 2. The molecule has 0 bridgehead atoms. The normalized spacial score (nSPS) is 17.1. The third-order valence-corrected chi connectivity index (χ3v) is 7.97. The van der Waals surface area contributed by atoms with Gasteiger partial charge in [0.25, 0.3) is 0 Å². The monoisotopic (exact) mass is 585 g/mol. The van der Waals surface area contributed by atoms with Crippen molar-refractivity contribution in [3.8, 4) is 0 Å². The lowest BCUT2D eigenvalue weighted by atomic mass is 9.84. The number of hydrogen-bond acceptors (Lipinski definition) is 6. The summed E-state index contributed by atoms with van der Waals surface area (Å²) < 4.78 is 11.0. The number of nitrogens with zero attached hydrogens (tertiary/aromatic N) is 1. The van der Waals surface area contributed by atoms with Crippen molar-refractivity contribution in [2.24, 2.45) is 5.92 Å². The molecule has 1 aliphatic heterocycles. The van der Waals surface area contributed by atoms with Gasteiger partial charge in [0.1, 0.15) is 12.6 Å². The fraction of sp³-hybridized carbons (Fsp3) is 0.516. The van der Waals surface area contributed by atoms with Crippen LogP contribution in [-0.2, 0) is 32.3 Å². The molecule has 3 amide bonds. The number of aliphatic hydroxyl groups is 1. The molecule has 2 aromatic carbocycles. The summed E-state index contributed by atoms with van der Waals surface area (Å²) in [5.41, 5.74) is 2.52. The SMILES string of the molecule is O=C(NC(CC1CCCCC1)C(=O)NC(CO)CCC(=O)N1CCOCc2ccccc21)OCc1cccc(Cl)c1. The lowest BCUT2D eigenvalue weighted by molar-refractivity contribution is -0.125. The van der Waals surface area contributed by atoms with Crippen molar-refractivity contribution in [3.63, 3.8) is 0 Å². The van der Waals surface area contributed by atoms with Crippen molar-refractivity contribution >= 4 is 35.2 Å². The summed E-state index contributed by atoms with van der Waals surface area (Å²) in [6, 6.07) is 13.2. The summed E-state index contributed by atoms with van der Waals surface area (Å²) in [6.07, 6.45) is 5.58. The molecule has 4 rings (SSSR count). The molecule has 0 aromatic heterocycles. The van der Waals surface area contributed by atoms with Crippen molar-refractivity contribution in [3.05, 3.63) is 64.7 Å². The third kappa shape index (κ3) is 9.45. The van der Waals surface area contributed by atoms with Crippen LogP contribution in [0.2, 0.25) is 5.02 Å². The van der Waals surface area contributed by atoms with Crippen LogP contribution in [0.5, 0.6) is 0 Å². The molecule has 1 heterocycles. The summed E-state index contributed by atoms with van der Waals surface area (Å²) in [5, 5.41) is 16.2. The minimum absolute atomic E-state index is 0.0240. The first-order valence-electron chi connectivity index (χ1n) is 14.5. The van der Waals surface area contributed by atoms with E-state index in [1.807, 2.05) is 24.3 Å². The highest BCUT2D eigenvalue weighted by Gasteiger charge is 2.29. The number of hydrogen-bond donors (Lipinski definition) is 3. The number of anilines is 1. The van der Waals surface area contributed by atoms with Gasteiger partial charge in [-0.1, -0.05) is 74.0 Å².